The van der Waals surface area contributed by atoms with Gasteiger partial charge < -0.3 is 19.4 Å². The lowest BCUT2D eigenvalue weighted by Gasteiger charge is -2.20. The van der Waals surface area contributed by atoms with Crippen molar-refractivity contribution in [1.82, 2.24) is 14.9 Å². The molecule has 0 aliphatic rings. The highest BCUT2D eigenvalue weighted by Gasteiger charge is 2.23. The highest BCUT2D eigenvalue weighted by atomic mass is 19.1. The van der Waals surface area contributed by atoms with E-state index in [1.165, 1.54) is 26.4 Å². The summed E-state index contributed by atoms with van der Waals surface area (Å²) in [5, 5.41) is 2.94. The van der Waals surface area contributed by atoms with E-state index in [4.69, 9.17) is 9.47 Å². The highest BCUT2D eigenvalue weighted by Crippen LogP contribution is 2.30. The number of hydrogen-bond acceptors (Lipinski definition) is 4. The Morgan fingerprint density at radius 3 is 2.39 bits per heavy atom. The summed E-state index contributed by atoms with van der Waals surface area (Å²) >= 11 is 0. The molecule has 1 N–H and O–H groups in total. The van der Waals surface area contributed by atoms with Gasteiger partial charge >= 0.3 is 0 Å². The van der Waals surface area contributed by atoms with Crippen molar-refractivity contribution in [3.05, 3.63) is 77.1 Å². The number of ether oxygens (including phenoxy) is 2. The Labute approximate surface area is 162 Å². The van der Waals surface area contributed by atoms with Crippen LogP contribution in [0.3, 0.4) is 0 Å². The Morgan fingerprint density at radius 2 is 1.86 bits per heavy atom. The van der Waals surface area contributed by atoms with Crippen molar-refractivity contribution in [3.8, 4) is 11.5 Å². The van der Waals surface area contributed by atoms with Crippen molar-refractivity contribution >= 4 is 5.91 Å². The van der Waals surface area contributed by atoms with Gasteiger partial charge in [0, 0.05) is 30.6 Å². The Balaban J connectivity index is 2.00. The second-order valence-electron chi connectivity index (χ2n) is 6.36. The number of benzene rings is 2. The van der Waals surface area contributed by atoms with Crippen molar-refractivity contribution < 1.29 is 18.7 Å². The van der Waals surface area contributed by atoms with E-state index in [0.717, 1.165) is 5.56 Å². The Morgan fingerprint density at radius 1 is 1.18 bits per heavy atom. The van der Waals surface area contributed by atoms with Crippen molar-refractivity contribution in [3.63, 3.8) is 0 Å². The number of carbonyl (C=O) groups is 1. The first-order chi connectivity index (χ1) is 13.4. The van der Waals surface area contributed by atoms with E-state index in [0.29, 0.717) is 28.5 Å². The molecule has 0 bridgehead atoms. The molecule has 3 rings (SSSR count). The van der Waals surface area contributed by atoms with Crippen LogP contribution in [-0.2, 0) is 7.05 Å². The minimum atomic E-state index is -0.624. The molecule has 1 unspecified atom stereocenters. The summed E-state index contributed by atoms with van der Waals surface area (Å²) in [6, 6.07) is 8.76. The van der Waals surface area contributed by atoms with Crippen LogP contribution < -0.4 is 14.8 Å². The lowest BCUT2D eigenvalue weighted by molar-refractivity contribution is 0.0940. The molecular formula is C21H22FN3O3. The molecule has 0 radical (unpaired) electrons. The molecule has 0 aliphatic heterocycles. The van der Waals surface area contributed by atoms with Gasteiger partial charge in [-0.05, 0) is 36.8 Å². The average Bonchev–Trinajstić information content (AvgIpc) is 3.11. The molecule has 7 heteroatoms. The summed E-state index contributed by atoms with van der Waals surface area (Å²) in [7, 11) is 4.89. The van der Waals surface area contributed by atoms with Gasteiger partial charge in [-0.1, -0.05) is 12.1 Å². The van der Waals surface area contributed by atoms with Gasteiger partial charge in [0.15, 0.2) is 0 Å². The second kappa shape index (κ2) is 8.12. The van der Waals surface area contributed by atoms with Gasteiger partial charge in [-0.2, -0.15) is 0 Å². The molecule has 2 aromatic carbocycles. The van der Waals surface area contributed by atoms with Crippen LogP contribution in [0.15, 0.2) is 48.8 Å². The SMILES string of the molecule is COc1cc(C(=O)NC(c2cccc(F)c2)c2nccn2C)cc(OC)c1C. The van der Waals surface area contributed by atoms with Gasteiger partial charge in [0.25, 0.3) is 5.91 Å². The molecule has 0 saturated heterocycles. The van der Waals surface area contributed by atoms with Crippen molar-refractivity contribution in [2.75, 3.05) is 14.2 Å². The lowest BCUT2D eigenvalue weighted by Crippen LogP contribution is -2.31. The molecule has 1 amide bonds. The van der Waals surface area contributed by atoms with Crippen LogP contribution in [0.1, 0.15) is 33.4 Å². The quantitative estimate of drug-likeness (QED) is 0.709. The number of halogens is 1. The van der Waals surface area contributed by atoms with Crippen LogP contribution in [0.4, 0.5) is 4.39 Å². The number of imidazole rings is 1. The van der Waals surface area contributed by atoms with Gasteiger partial charge in [0.1, 0.15) is 29.2 Å². The number of nitrogens with zero attached hydrogens (tertiary/aromatic N) is 2. The topological polar surface area (TPSA) is 65.4 Å². The third-order valence-electron chi connectivity index (χ3n) is 4.59. The Bertz CT molecular complexity index is 975. The summed E-state index contributed by atoms with van der Waals surface area (Å²) in [5.74, 6) is 0.941. The van der Waals surface area contributed by atoms with Crippen molar-refractivity contribution in [2.24, 2.45) is 7.05 Å². The van der Waals surface area contributed by atoms with Crippen LogP contribution in [0.5, 0.6) is 11.5 Å². The van der Waals surface area contributed by atoms with E-state index < -0.39 is 6.04 Å². The molecule has 6 nitrogen and oxygen atoms in total. The van der Waals surface area contributed by atoms with Gasteiger partial charge in [0.05, 0.1) is 14.2 Å². The zero-order valence-corrected chi connectivity index (χ0v) is 16.2. The van der Waals surface area contributed by atoms with E-state index in [2.05, 4.69) is 10.3 Å². The molecule has 28 heavy (non-hydrogen) atoms. The summed E-state index contributed by atoms with van der Waals surface area (Å²) < 4.78 is 26.3. The lowest BCUT2D eigenvalue weighted by atomic mass is 10.0. The van der Waals surface area contributed by atoms with Gasteiger partial charge in [0.2, 0.25) is 0 Å². The molecule has 1 heterocycles. The standard InChI is InChI=1S/C21H22FN3O3/c1-13-17(27-3)11-15(12-18(13)28-4)21(26)24-19(20-23-8-9-25(20)2)14-6-5-7-16(22)10-14/h5-12,19H,1-4H3,(H,24,26). The Kier molecular flexibility index (Phi) is 5.63. The van der Waals surface area contributed by atoms with Crippen LogP contribution in [-0.4, -0.2) is 29.7 Å². The van der Waals surface area contributed by atoms with E-state index >= 15 is 0 Å². The summed E-state index contributed by atoms with van der Waals surface area (Å²) in [6.45, 7) is 1.85. The van der Waals surface area contributed by atoms with Crippen LogP contribution in [0, 0.1) is 12.7 Å². The minimum absolute atomic E-state index is 0.353. The third-order valence-corrected chi connectivity index (χ3v) is 4.59. The molecule has 0 aliphatic carbocycles. The average molecular weight is 383 g/mol. The number of aromatic nitrogens is 2. The van der Waals surface area contributed by atoms with Gasteiger partial charge in [-0.15, -0.1) is 0 Å². The maximum atomic E-state index is 13.8. The van der Waals surface area contributed by atoms with Gasteiger partial charge in [-0.25, -0.2) is 9.37 Å². The smallest absolute Gasteiger partial charge is 0.252 e. The number of aryl methyl sites for hydroxylation is 1. The fourth-order valence-electron chi connectivity index (χ4n) is 3.07. The van der Waals surface area contributed by atoms with Gasteiger partial charge in [-0.3, -0.25) is 4.79 Å². The first-order valence-corrected chi connectivity index (χ1v) is 8.70. The number of hydrogen-bond donors (Lipinski definition) is 1. The number of carbonyl (C=O) groups excluding carboxylic acids is 1. The molecule has 0 fully saturated rings. The number of methoxy groups -OCH3 is 2. The van der Waals surface area contributed by atoms with E-state index in [1.54, 1.807) is 41.2 Å². The number of nitrogens with one attached hydrogen (secondary N) is 1. The number of amides is 1. The molecule has 146 valence electrons. The van der Waals surface area contributed by atoms with Crippen molar-refractivity contribution in [1.29, 1.82) is 0 Å². The Hall–Kier alpha value is -3.35. The summed E-state index contributed by atoms with van der Waals surface area (Å²) in [4.78, 5) is 17.3. The molecule has 1 aromatic heterocycles. The second-order valence-corrected chi connectivity index (χ2v) is 6.36. The summed E-state index contributed by atoms with van der Waals surface area (Å²) in [6.07, 6.45) is 3.40. The van der Waals surface area contributed by atoms with E-state index in [1.807, 2.05) is 14.0 Å². The predicted molar refractivity (Wildman–Crippen MR) is 103 cm³/mol. The van der Waals surface area contributed by atoms with Crippen LogP contribution >= 0.6 is 0 Å². The minimum Gasteiger partial charge on any atom is -0.496 e. The molecule has 1 atom stereocenters. The normalized spacial score (nSPS) is 11.8. The maximum absolute atomic E-state index is 13.8. The number of rotatable bonds is 6. The molecule has 3 aromatic rings. The van der Waals surface area contributed by atoms with E-state index in [9.17, 15) is 9.18 Å². The molecular weight excluding hydrogens is 361 g/mol. The predicted octanol–water partition coefficient (Wildman–Crippen LogP) is 3.40. The largest absolute Gasteiger partial charge is 0.496 e. The van der Waals surface area contributed by atoms with Crippen molar-refractivity contribution in [2.45, 2.75) is 13.0 Å². The fraction of sp³-hybridized carbons (Fsp3) is 0.238. The monoisotopic (exact) mass is 383 g/mol. The molecule has 0 spiro atoms. The zero-order valence-electron chi connectivity index (χ0n) is 16.2. The molecule has 0 saturated carbocycles. The first kappa shape index (κ1) is 19.4. The highest BCUT2D eigenvalue weighted by molar-refractivity contribution is 5.95. The van der Waals surface area contributed by atoms with Crippen LogP contribution in [0.2, 0.25) is 0 Å². The third kappa shape index (κ3) is 3.83. The maximum Gasteiger partial charge on any atom is 0.252 e. The summed E-state index contributed by atoms with van der Waals surface area (Å²) in [5.41, 5.74) is 1.76. The van der Waals surface area contributed by atoms with Crippen LogP contribution in [0.25, 0.3) is 0 Å². The fourth-order valence-corrected chi connectivity index (χ4v) is 3.07. The van der Waals surface area contributed by atoms with E-state index in [-0.39, 0.29) is 11.7 Å². The first-order valence-electron chi connectivity index (χ1n) is 8.70. The zero-order chi connectivity index (χ0) is 20.3.